The molecular formula is C12H13N5O2. The van der Waals surface area contributed by atoms with Crippen LogP contribution in [0.4, 0.5) is 0 Å². The molecule has 0 bridgehead atoms. The van der Waals surface area contributed by atoms with Crippen LogP contribution in [0, 0.1) is 0 Å². The van der Waals surface area contributed by atoms with Crippen LogP contribution in [0.15, 0.2) is 24.5 Å². The number of ether oxygens (including phenoxy) is 2. The number of aryl methyl sites for hydroxylation is 1. The maximum Gasteiger partial charge on any atom is 0.240 e. The van der Waals surface area contributed by atoms with Crippen molar-refractivity contribution in [1.29, 1.82) is 0 Å². The van der Waals surface area contributed by atoms with Crippen LogP contribution in [0.2, 0.25) is 0 Å². The van der Waals surface area contributed by atoms with E-state index in [-0.39, 0.29) is 0 Å². The number of hydrogen-bond acceptors (Lipinski definition) is 5. The number of aromatic nitrogens is 5. The zero-order chi connectivity index (χ0) is 13.4. The Morgan fingerprint density at radius 1 is 1.16 bits per heavy atom. The Kier molecular flexibility index (Phi) is 2.59. The highest BCUT2D eigenvalue weighted by Crippen LogP contribution is 2.24. The highest BCUT2D eigenvalue weighted by molar-refractivity contribution is 5.58. The molecule has 0 fully saturated rings. The number of nitrogens with zero attached hydrogens (tertiary/aromatic N) is 5. The standard InChI is InChI=1S/C12H13N5O2/c1-16-9(4-5-13-16)8-7-17-11(19-3)6-10(18-2)15-12(17)14-8/h4-7H,1-3H3. The molecule has 0 unspecified atom stereocenters. The van der Waals surface area contributed by atoms with E-state index in [1.807, 2.05) is 19.3 Å². The smallest absolute Gasteiger partial charge is 0.240 e. The summed E-state index contributed by atoms with van der Waals surface area (Å²) in [7, 11) is 5.02. The van der Waals surface area contributed by atoms with Gasteiger partial charge in [0, 0.05) is 19.4 Å². The predicted octanol–water partition coefficient (Wildman–Crippen LogP) is 1.15. The molecule has 0 aromatic carbocycles. The molecule has 19 heavy (non-hydrogen) atoms. The van der Waals surface area contributed by atoms with E-state index in [2.05, 4.69) is 15.1 Å². The Hall–Kier alpha value is -2.57. The van der Waals surface area contributed by atoms with E-state index in [1.165, 1.54) is 0 Å². The molecule has 3 rings (SSSR count). The van der Waals surface area contributed by atoms with Gasteiger partial charge in [-0.1, -0.05) is 0 Å². The van der Waals surface area contributed by atoms with Gasteiger partial charge >= 0.3 is 0 Å². The molecule has 3 aromatic rings. The summed E-state index contributed by atoms with van der Waals surface area (Å²) in [5.74, 6) is 1.60. The predicted molar refractivity (Wildman–Crippen MR) is 68.3 cm³/mol. The molecule has 0 amide bonds. The zero-order valence-electron chi connectivity index (χ0n) is 10.9. The van der Waals surface area contributed by atoms with Gasteiger partial charge in [-0.15, -0.1) is 0 Å². The second-order valence-electron chi connectivity index (χ2n) is 3.98. The molecule has 0 saturated heterocycles. The Bertz CT molecular complexity index is 731. The van der Waals surface area contributed by atoms with Crippen molar-refractivity contribution in [2.45, 2.75) is 0 Å². The van der Waals surface area contributed by atoms with Crippen molar-refractivity contribution in [1.82, 2.24) is 24.1 Å². The normalized spacial score (nSPS) is 10.9. The average Bonchev–Trinajstić information content (AvgIpc) is 3.02. The van der Waals surface area contributed by atoms with Crippen LogP contribution in [0.1, 0.15) is 0 Å². The van der Waals surface area contributed by atoms with Crippen LogP contribution in [0.25, 0.3) is 17.2 Å². The first kappa shape index (κ1) is 11.5. The zero-order valence-corrected chi connectivity index (χ0v) is 10.9. The minimum Gasteiger partial charge on any atom is -0.482 e. The summed E-state index contributed by atoms with van der Waals surface area (Å²) in [6.45, 7) is 0. The second-order valence-corrected chi connectivity index (χ2v) is 3.98. The Labute approximate surface area is 109 Å². The molecule has 0 aliphatic carbocycles. The topological polar surface area (TPSA) is 66.5 Å². The van der Waals surface area contributed by atoms with Gasteiger partial charge in [0.1, 0.15) is 5.69 Å². The fourth-order valence-corrected chi connectivity index (χ4v) is 1.93. The van der Waals surface area contributed by atoms with Crippen molar-refractivity contribution < 1.29 is 9.47 Å². The maximum absolute atomic E-state index is 5.31. The summed E-state index contributed by atoms with van der Waals surface area (Å²) in [4.78, 5) is 8.75. The van der Waals surface area contributed by atoms with Crippen LogP contribution >= 0.6 is 0 Å². The Morgan fingerprint density at radius 2 is 2.00 bits per heavy atom. The van der Waals surface area contributed by atoms with Crippen molar-refractivity contribution in [3.8, 4) is 23.1 Å². The molecule has 3 aromatic heterocycles. The van der Waals surface area contributed by atoms with Gasteiger partial charge in [-0.2, -0.15) is 10.1 Å². The fourth-order valence-electron chi connectivity index (χ4n) is 1.93. The Morgan fingerprint density at radius 3 is 2.63 bits per heavy atom. The summed E-state index contributed by atoms with van der Waals surface area (Å²) in [6, 6.07) is 3.60. The number of rotatable bonds is 3. The van der Waals surface area contributed by atoms with Crippen molar-refractivity contribution in [3.63, 3.8) is 0 Å². The third-order valence-electron chi connectivity index (χ3n) is 2.88. The lowest BCUT2D eigenvalue weighted by atomic mass is 10.3. The van der Waals surface area contributed by atoms with Crippen molar-refractivity contribution >= 4 is 5.78 Å². The molecule has 0 spiro atoms. The van der Waals surface area contributed by atoms with Gasteiger partial charge in [0.15, 0.2) is 0 Å². The van der Waals surface area contributed by atoms with Gasteiger partial charge in [-0.3, -0.25) is 9.08 Å². The number of fused-ring (bicyclic) bond motifs is 1. The van der Waals surface area contributed by atoms with E-state index in [9.17, 15) is 0 Å². The van der Waals surface area contributed by atoms with Gasteiger partial charge in [-0.25, -0.2) is 4.98 Å². The Balaban J connectivity index is 2.23. The monoisotopic (exact) mass is 259 g/mol. The summed E-state index contributed by atoms with van der Waals surface area (Å²) in [6.07, 6.45) is 3.59. The van der Waals surface area contributed by atoms with E-state index in [0.717, 1.165) is 11.4 Å². The molecule has 0 saturated carbocycles. The molecule has 7 heteroatoms. The number of methoxy groups -OCH3 is 2. The van der Waals surface area contributed by atoms with E-state index in [0.29, 0.717) is 17.5 Å². The first-order valence-electron chi connectivity index (χ1n) is 5.69. The SMILES string of the molecule is COc1cc(OC)n2cc(-c3ccnn3C)nc2n1. The van der Waals surface area contributed by atoms with Crippen molar-refractivity contribution in [2.75, 3.05) is 14.2 Å². The lowest BCUT2D eigenvalue weighted by Crippen LogP contribution is -1.97. The molecule has 0 aliphatic rings. The van der Waals surface area contributed by atoms with E-state index in [1.54, 1.807) is 35.6 Å². The van der Waals surface area contributed by atoms with Gasteiger partial charge < -0.3 is 9.47 Å². The highest BCUT2D eigenvalue weighted by Gasteiger charge is 2.13. The first-order valence-corrected chi connectivity index (χ1v) is 5.69. The highest BCUT2D eigenvalue weighted by atomic mass is 16.5. The van der Waals surface area contributed by atoms with Crippen LogP contribution < -0.4 is 9.47 Å². The molecule has 0 N–H and O–H groups in total. The lowest BCUT2D eigenvalue weighted by Gasteiger charge is -2.04. The molecule has 0 aliphatic heterocycles. The summed E-state index contributed by atoms with van der Waals surface area (Å²) >= 11 is 0. The van der Waals surface area contributed by atoms with E-state index < -0.39 is 0 Å². The molecule has 98 valence electrons. The summed E-state index contributed by atoms with van der Waals surface area (Å²) < 4.78 is 14.0. The minimum absolute atomic E-state index is 0.464. The second kappa shape index (κ2) is 4.27. The quantitative estimate of drug-likeness (QED) is 0.705. The third kappa shape index (κ3) is 1.79. The lowest BCUT2D eigenvalue weighted by molar-refractivity contribution is 0.369. The summed E-state index contributed by atoms with van der Waals surface area (Å²) in [5.41, 5.74) is 1.69. The van der Waals surface area contributed by atoms with Crippen LogP contribution in [0.3, 0.4) is 0 Å². The van der Waals surface area contributed by atoms with Crippen LogP contribution in [-0.4, -0.2) is 38.4 Å². The largest absolute Gasteiger partial charge is 0.482 e. The van der Waals surface area contributed by atoms with Gasteiger partial charge in [0.05, 0.1) is 26.0 Å². The van der Waals surface area contributed by atoms with Crippen LogP contribution in [0.5, 0.6) is 11.8 Å². The van der Waals surface area contributed by atoms with E-state index in [4.69, 9.17) is 9.47 Å². The first-order chi connectivity index (χ1) is 9.22. The molecular weight excluding hydrogens is 246 g/mol. The van der Waals surface area contributed by atoms with Crippen LogP contribution in [-0.2, 0) is 7.05 Å². The number of imidazole rings is 1. The van der Waals surface area contributed by atoms with Gasteiger partial charge in [-0.05, 0) is 6.07 Å². The average molecular weight is 259 g/mol. The maximum atomic E-state index is 5.31. The van der Waals surface area contributed by atoms with Crippen molar-refractivity contribution in [3.05, 3.63) is 24.5 Å². The molecule has 7 nitrogen and oxygen atoms in total. The third-order valence-corrected chi connectivity index (χ3v) is 2.88. The van der Waals surface area contributed by atoms with Gasteiger partial charge in [0.2, 0.25) is 17.5 Å². The fraction of sp³-hybridized carbons (Fsp3) is 0.250. The minimum atomic E-state index is 0.464. The van der Waals surface area contributed by atoms with Gasteiger partial charge in [0.25, 0.3) is 0 Å². The number of hydrogen-bond donors (Lipinski definition) is 0. The molecule has 0 radical (unpaired) electrons. The molecule has 3 heterocycles. The van der Waals surface area contributed by atoms with E-state index >= 15 is 0 Å². The molecule has 0 atom stereocenters. The summed E-state index contributed by atoms with van der Waals surface area (Å²) in [5, 5.41) is 4.13. The van der Waals surface area contributed by atoms with Crippen molar-refractivity contribution in [2.24, 2.45) is 7.05 Å².